The van der Waals surface area contributed by atoms with Crippen LogP contribution in [-0.4, -0.2) is 55.8 Å². The molecule has 0 aliphatic carbocycles. The number of nitrogens with zero attached hydrogens (tertiary/aromatic N) is 4. The number of anilines is 1. The largest absolute Gasteiger partial charge is 0.497 e. The number of aromatic nitrogens is 1. The number of aryl methyl sites for hydroxylation is 1. The highest BCUT2D eigenvalue weighted by Gasteiger charge is 2.20. The molecule has 1 aliphatic heterocycles. The normalized spacial score (nSPS) is 13.9. The number of methoxy groups -OCH3 is 1. The molecule has 1 saturated heterocycles. The summed E-state index contributed by atoms with van der Waals surface area (Å²) >= 11 is 0. The summed E-state index contributed by atoms with van der Waals surface area (Å²) in [7, 11) is 3.38. The zero-order chi connectivity index (χ0) is 25.7. The predicted molar refractivity (Wildman–Crippen MR) is 141 cm³/mol. The van der Waals surface area contributed by atoms with E-state index in [0.29, 0.717) is 19.8 Å². The van der Waals surface area contributed by atoms with Gasteiger partial charge in [0.1, 0.15) is 17.4 Å². The zero-order valence-corrected chi connectivity index (χ0v) is 21.3. The van der Waals surface area contributed by atoms with Crippen LogP contribution in [0.5, 0.6) is 5.75 Å². The Morgan fingerprint density at radius 3 is 2.50 bits per heavy atom. The monoisotopic (exact) mass is 484 g/mol. The third-order valence-electron chi connectivity index (χ3n) is 6.55. The second-order valence-electron chi connectivity index (χ2n) is 8.92. The molecular weight excluding hydrogens is 452 g/mol. The molecule has 7 nitrogen and oxygen atoms in total. The fourth-order valence-corrected chi connectivity index (χ4v) is 4.65. The van der Waals surface area contributed by atoms with Crippen molar-refractivity contribution in [3.05, 3.63) is 82.7 Å². The molecule has 36 heavy (non-hydrogen) atoms. The van der Waals surface area contributed by atoms with Gasteiger partial charge in [-0.05, 0) is 67.4 Å². The molecule has 186 valence electrons. The third-order valence-corrected chi connectivity index (χ3v) is 6.55. The number of benzene rings is 2. The van der Waals surface area contributed by atoms with Gasteiger partial charge in [-0.3, -0.25) is 4.79 Å². The minimum absolute atomic E-state index is 0.108. The smallest absolute Gasteiger partial charge is 0.264 e. The van der Waals surface area contributed by atoms with Gasteiger partial charge in [0.15, 0.2) is 0 Å². The number of amides is 1. The van der Waals surface area contributed by atoms with Crippen LogP contribution >= 0.6 is 0 Å². The van der Waals surface area contributed by atoms with Crippen molar-refractivity contribution in [2.24, 2.45) is 0 Å². The highest BCUT2D eigenvalue weighted by Crippen LogP contribution is 2.26. The van der Waals surface area contributed by atoms with Crippen LogP contribution in [0, 0.1) is 25.2 Å². The fourth-order valence-electron chi connectivity index (χ4n) is 4.65. The number of nitriles is 1. The third kappa shape index (κ3) is 5.29. The van der Waals surface area contributed by atoms with Crippen molar-refractivity contribution >= 4 is 17.7 Å². The maximum Gasteiger partial charge on any atom is 0.264 e. The van der Waals surface area contributed by atoms with Crippen LogP contribution in [0.15, 0.2) is 60.2 Å². The average Bonchev–Trinajstić information content (AvgIpc) is 3.19. The molecule has 2 aromatic carbocycles. The van der Waals surface area contributed by atoms with Gasteiger partial charge in [-0.15, -0.1) is 0 Å². The van der Waals surface area contributed by atoms with E-state index in [9.17, 15) is 10.1 Å². The molecule has 3 aromatic rings. The Morgan fingerprint density at radius 1 is 1.14 bits per heavy atom. The average molecular weight is 485 g/mol. The summed E-state index contributed by atoms with van der Waals surface area (Å²) in [6, 6.07) is 20.0. The second-order valence-corrected chi connectivity index (χ2v) is 8.92. The molecule has 0 spiro atoms. The van der Waals surface area contributed by atoms with E-state index in [0.717, 1.165) is 52.7 Å². The van der Waals surface area contributed by atoms with Gasteiger partial charge >= 0.3 is 0 Å². The van der Waals surface area contributed by atoms with Crippen LogP contribution in [0.25, 0.3) is 11.8 Å². The first kappa shape index (κ1) is 25.1. The molecule has 1 aliphatic rings. The van der Waals surface area contributed by atoms with Crippen molar-refractivity contribution in [1.82, 2.24) is 9.47 Å². The number of carbonyl (C=O) groups is 1. The van der Waals surface area contributed by atoms with Crippen LogP contribution in [0.4, 0.5) is 5.69 Å². The Hall–Kier alpha value is -4.02. The van der Waals surface area contributed by atoms with Gasteiger partial charge in [-0.25, -0.2) is 0 Å². The lowest BCUT2D eigenvalue weighted by Gasteiger charge is -2.31. The Morgan fingerprint density at radius 2 is 1.83 bits per heavy atom. The van der Waals surface area contributed by atoms with Gasteiger partial charge in [-0.1, -0.05) is 18.2 Å². The van der Waals surface area contributed by atoms with Gasteiger partial charge in [0.2, 0.25) is 0 Å². The molecule has 2 heterocycles. The number of hydrogen-bond acceptors (Lipinski definition) is 5. The van der Waals surface area contributed by atoms with E-state index < -0.39 is 0 Å². The lowest BCUT2D eigenvalue weighted by molar-refractivity contribution is -0.125. The van der Waals surface area contributed by atoms with E-state index in [-0.39, 0.29) is 11.5 Å². The summed E-state index contributed by atoms with van der Waals surface area (Å²) in [6.45, 7) is 7.45. The standard InChI is InChI=1S/C29H32N4O3/c1-21-17-24(22(2)33(21)26-9-11-27(35-4)12-10-26)18-25(19-30)29(34)31(3)20-23-7-5-6-8-28(23)32-13-15-36-16-14-32/h5-12,17-18H,13-16,20H2,1-4H3/b25-18+. The maximum atomic E-state index is 13.3. The van der Waals surface area contributed by atoms with Gasteiger partial charge in [-0.2, -0.15) is 5.26 Å². The summed E-state index contributed by atoms with van der Waals surface area (Å²) in [5.74, 6) is 0.487. The zero-order valence-electron chi connectivity index (χ0n) is 21.3. The van der Waals surface area contributed by atoms with E-state index in [1.165, 1.54) is 0 Å². The lowest BCUT2D eigenvalue weighted by Crippen LogP contribution is -2.37. The van der Waals surface area contributed by atoms with Crippen molar-refractivity contribution < 1.29 is 14.3 Å². The summed E-state index contributed by atoms with van der Waals surface area (Å²) in [5.41, 5.74) is 6.06. The highest BCUT2D eigenvalue weighted by molar-refractivity contribution is 6.01. The van der Waals surface area contributed by atoms with Crippen LogP contribution in [-0.2, 0) is 16.1 Å². The first-order valence-electron chi connectivity index (χ1n) is 12.0. The first-order valence-corrected chi connectivity index (χ1v) is 12.0. The molecule has 0 radical (unpaired) electrons. The number of rotatable bonds is 7. The number of para-hydroxylation sites is 1. The topological polar surface area (TPSA) is 70.7 Å². The first-order chi connectivity index (χ1) is 17.4. The minimum Gasteiger partial charge on any atom is -0.497 e. The fraction of sp³-hybridized carbons (Fsp3) is 0.310. The van der Waals surface area contributed by atoms with Gasteiger partial charge in [0.05, 0.1) is 20.3 Å². The molecule has 1 fully saturated rings. The van der Waals surface area contributed by atoms with E-state index in [2.05, 4.69) is 21.6 Å². The van der Waals surface area contributed by atoms with E-state index in [1.807, 2.05) is 62.4 Å². The summed E-state index contributed by atoms with van der Waals surface area (Å²) in [4.78, 5) is 17.2. The Labute approximate surface area is 212 Å². The number of carbonyl (C=O) groups excluding carboxylic acids is 1. The van der Waals surface area contributed by atoms with Crippen LogP contribution in [0.3, 0.4) is 0 Å². The lowest BCUT2D eigenvalue weighted by atomic mass is 10.1. The quantitative estimate of drug-likeness (QED) is 0.365. The molecule has 1 amide bonds. The molecule has 0 saturated carbocycles. The van der Waals surface area contributed by atoms with E-state index in [1.54, 1.807) is 25.1 Å². The number of hydrogen-bond donors (Lipinski definition) is 0. The van der Waals surface area contributed by atoms with Gasteiger partial charge < -0.3 is 23.8 Å². The summed E-state index contributed by atoms with van der Waals surface area (Å²) in [6.07, 6.45) is 1.69. The van der Waals surface area contributed by atoms with Gasteiger partial charge in [0.25, 0.3) is 5.91 Å². The van der Waals surface area contributed by atoms with Crippen LogP contribution in [0.2, 0.25) is 0 Å². The van der Waals surface area contributed by atoms with Crippen molar-refractivity contribution in [1.29, 1.82) is 5.26 Å². The minimum atomic E-state index is -0.302. The predicted octanol–water partition coefficient (Wildman–Crippen LogP) is 4.50. The van der Waals surface area contributed by atoms with E-state index in [4.69, 9.17) is 9.47 Å². The molecule has 4 rings (SSSR count). The van der Waals surface area contributed by atoms with Crippen molar-refractivity contribution in [3.8, 4) is 17.5 Å². The van der Waals surface area contributed by atoms with E-state index >= 15 is 0 Å². The molecule has 0 atom stereocenters. The molecule has 1 aromatic heterocycles. The van der Waals surface area contributed by atoms with Crippen LogP contribution in [0.1, 0.15) is 22.5 Å². The van der Waals surface area contributed by atoms with Gasteiger partial charge in [0, 0.05) is 49.4 Å². The SMILES string of the molecule is COc1ccc(-n2c(C)cc(/C=C(\C#N)C(=O)N(C)Cc3ccccc3N3CCOCC3)c2C)cc1. The summed E-state index contributed by atoms with van der Waals surface area (Å²) < 4.78 is 12.9. The maximum absolute atomic E-state index is 13.3. The number of morpholine rings is 1. The summed E-state index contributed by atoms with van der Waals surface area (Å²) in [5, 5.41) is 9.86. The number of likely N-dealkylation sites (N-methyl/N-ethyl adjacent to an activating group) is 1. The Balaban J connectivity index is 1.56. The number of ether oxygens (including phenoxy) is 2. The molecule has 0 bridgehead atoms. The molecule has 0 N–H and O–H groups in total. The highest BCUT2D eigenvalue weighted by atomic mass is 16.5. The Bertz CT molecular complexity index is 1300. The van der Waals surface area contributed by atoms with Crippen molar-refractivity contribution in [2.75, 3.05) is 45.4 Å². The van der Waals surface area contributed by atoms with Crippen LogP contribution < -0.4 is 9.64 Å². The van der Waals surface area contributed by atoms with Crippen molar-refractivity contribution in [3.63, 3.8) is 0 Å². The molecule has 7 heteroatoms. The Kier molecular flexibility index (Phi) is 7.77. The second kappa shape index (κ2) is 11.1. The van der Waals surface area contributed by atoms with Crippen molar-refractivity contribution in [2.45, 2.75) is 20.4 Å². The molecule has 0 unspecified atom stereocenters. The molecular formula is C29H32N4O3.